The summed E-state index contributed by atoms with van der Waals surface area (Å²) in [5.74, 6) is 0.209. The van der Waals surface area contributed by atoms with Crippen LogP contribution in [0.3, 0.4) is 0 Å². The van der Waals surface area contributed by atoms with E-state index in [-0.39, 0.29) is 5.75 Å². The minimum absolute atomic E-state index is 0.209. The van der Waals surface area contributed by atoms with Crippen LogP contribution in [0, 0.1) is 0 Å². The number of thiocarbonyl (C=S) groups is 1. The van der Waals surface area contributed by atoms with Gasteiger partial charge in [-0.2, -0.15) is 5.10 Å². The largest absolute Gasteiger partial charge is 0.507 e. The molecule has 0 radical (unpaired) electrons. The Kier molecular flexibility index (Phi) is 5.08. The molecule has 120 valence electrons. The van der Waals surface area contributed by atoms with E-state index >= 15 is 0 Å². The van der Waals surface area contributed by atoms with Gasteiger partial charge in [0.05, 0.1) is 6.21 Å². The lowest BCUT2D eigenvalue weighted by molar-refractivity contribution is 0.412. The molecule has 2 aromatic carbocycles. The van der Waals surface area contributed by atoms with E-state index in [9.17, 15) is 5.11 Å². The third-order valence-electron chi connectivity index (χ3n) is 4.25. The van der Waals surface area contributed by atoms with E-state index in [1.165, 1.54) is 19.3 Å². The van der Waals surface area contributed by atoms with Crippen LogP contribution < -0.4 is 10.7 Å². The first-order chi connectivity index (χ1) is 11.2. The highest BCUT2D eigenvalue weighted by Gasteiger charge is 2.13. The Morgan fingerprint density at radius 2 is 1.91 bits per heavy atom. The van der Waals surface area contributed by atoms with Gasteiger partial charge in [0.1, 0.15) is 5.75 Å². The SMILES string of the molecule is Oc1ccc2ccccc2c1C=NNC(=S)NC1CCCCC1. The van der Waals surface area contributed by atoms with Crippen molar-refractivity contribution in [2.24, 2.45) is 5.10 Å². The Balaban J connectivity index is 1.66. The predicted molar refractivity (Wildman–Crippen MR) is 98.9 cm³/mol. The quantitative estimate of drug-likeness (QED) is 0.457. The van der Waals surface area contributed by atoms with Gasteiger partial charge in [0, 0.05) is 11.6 Å². The van der Waals surface area contributed by atoms with E-state index in [4.69, 9.17) is 12.2 Å². The van der Waals surface area contributed by atoms with Crippen LogP contribution in [0.5, 0.6) is 5.75 Å². The van der Waals surface area contributed by atoms with Gasteiger partial charge in [-0.15, -0.1) is 0 Å². The Bertz CT molecular complexity index is 723. The standard InChI is InChI=1S/C18H21N3OS/c22-17-11-10-13-6-4-5-9-15(13)16(17)12-19-21-18(23)20-14-7-2-1-3-8-14/h4-6,9-12,14,22H,1-3,7-8H2,(H2,20,21,23). The second-order valence-electron chi connectivity index (χ2n) is 5.90. The number of nitrogens with zero attached hydrogens (tertiary/aromatic N) is 1. The van der Waals surface area contributed by atoms with Crippen LogP contribution >= 0.6 is 12.2 Å². The third-order valence-corrected chi connectivity index (χ3v) is 4.46. The lowest BCUT2D eigenvalue weighted by Gasteiger charge is -2.23. The van der Waals surface area contributed by atoms with Gasteiger partial charge < -0.3 is 10.4 Å². The summed E-state index contributed by atoms with van der Waals surface area (Å²) in [5, 5.41) is 20.1. The molecule has 1 aliphatic carbocycles. The molecule has 3 rings (SSSR count). The summed E-state index contributed by atoms with van der Waals surface area (Å²) in [6.45, 7) is 0. The molecule has 23 heavy (non-hydrogen) atoms. The molecule has 0 amide bonds. The zero-order chi connectivity index (χ0) is 16.1. The van der Waals surface area contributed by atoms with E-state index in [0.717, 1.165) is 23.6 Å². The smallest absolute Gasteiger partial charge is 0.187 e. The summed E-state index contributed by atoms with van der Waals surface area (Å²) in [5.41, 5.74) is 3.54. The molecule has 1 fully saturated rings. The lowest BCUT2D eigenvalue weighted by atomic mass is 9.96. The Hall–Kier alpha value is -2.14. The molecule has 2 aromatic rings. The van der Waals surface area contributed by atoms with Gasteiger partial charge in [0.25, 0.3) is 0 Å². The minimum atomic E-state index is 0.209. The molecule has 0 unspecified atom stereocenters. The van der Waals surface area contributed by atoms with E-state index < -0.39 is 0 Å². The molecule has 0 spiro atoms. The molecule has 1 saturated carbocycles. The van der Waals surface area contributed by atoms with Gasteiger partial charge in [0.2, 0.25) is 0 Å². The summed E-state index contributed by atoms with van der Waals surface area (Å²) in [6, 6.07) is 11.9. The molecule has 0 aliphatic heterocycles. The number of benzene rings is 2. The number of hydrazone groups is 1. The molecule has 0 aromatic heterocycles. The van der Waals surface area contributed by atoms with Crippen LogP contribution in [-0.2, 0) is 0 Å². The minimum Gasteiger partial charge on any atom is -0.507 e. The fourth-order valence-electron chi connectivity index (χ4n) is 3.04. The van der Waals surface area contributed by atoms with Crippen molar-refractivity contribution < 1.29 is 5.11 Å². The number of fused-ring (bicyclic) bond motifs is 1. The zero-order valence-electron chi connectivity index (χ0n) is 13.0. The van der Waals surface area contributed by atoms with Gasteiger partial charge >= 0.3 is 0 Å². The molecule has 0 heterocycles. The van der Waals surface area contributed by atoms with Crippen molar-refractivity contribution in [3.63, 3.8) is 0 Å². The fourth-order valence-corrected chi connectivity index (χ4v) is 3.26. The fraction of sp³-hybridized carbons (Fsp3) is 0.333. The Morgan fingerprint density at radius 1 is 1.13 bits per heavy atom. The van der Waals surface area contributed by atoms with Gasteiger partial charge in [-0.05, 0) is 41.9 Å². The monoisotopic (exact) mass is 327 g/mol. The number of nitrogens with one attached hydrogen (secondary N) is 2. The number of hydrogen-bond acceptors (Lipinski definition) is 3. The van der Waals surface area contributed by atoms with Crippen LogP contribution in [-0.4, -0.2) is 22.5 Å². The maximum atomic E-state index is 10.1. The van der Waals surface area contributed by atoms with Crippen molar-refractivity contribution in [2.45, 2.75) is 38.1 Å². The van der Waals surface area contributed by atoms with E-state index in [0.29, 0.717) is 16.7 Å². The molecule has 4 nitrogen and oxygen atoms in total. The Labute approximate surface area is 141 Å². The van der Waals surface area contributed by atoms with E-state index in [1.54, 1.807) is 12.3 Å². The number of aromatic hydroxyl groups is 1. The molecule has 5 heteroatoms. The highest BCUT2D eigenvalue weighted by Crippen LogP contribution is 2.25. The average molecular weight is 327 g/mol. The summed E-state index contributed by atoms with van der Waals surface area (Å²) in [7, 11) is 0. The first-order valence-electron chi connectivity index (χ1n) is 8.04. The molecule has 0 saturated heterocycles. The van der Waals surface area contributed by atoms with Crippen molar-refractivity contribution in [1.29, 1.82) is 0 Å². The van der Waals surface area contributed by atoms with Crippen LogP contribution in [0.15, 0.2) is 41.5 Å². The number of phenols is 1. The Morgan fingerprint density at radius 3 is 2.74 bits per heavy atom. The van der Waals surface area contributed by atoms with Crippen molar-refractivity contribution >= 4 is 34.3 Å². The highest BCUT2D eigenvalue weighted by molar-refractivity contribution is 7.80. The predicted octanol–water partition coefficient (Wildman–Crippen LogP) is 3.68. The topological polar surface area (TPSA) is 56.7 Å². The lowest BCUT2D eigenvalue weighted by Crippen LogP contribution is -2.40. The second-order valence-corrected chi connectivity index (χ2v) is 6.31. The maximum Gasteiger partial charge on any atom is 0.187 e. The molecule has 3 N–H and O–H groups in total. The number of rotatable bonds is 3. The van der Waals surface area contributed by atoms with Crippen molar-refractivity contribution in [3.8, 4) is 5.75 Å². The van der Waals surface area contributed by atoms with Gasteiger partial charge in [-0.3, -0.25) is 5.43 Å². The molecular weight excluding hydrogens is 306 g/mol. The summed E-state index contributed by atoms with van der Waals surface area (Å²) in [4.78, 5) is 0. The first-order valence-corrected chi connectivity index (χ1v) is 8.45. The first kappa shape index (κ1) is 15.7. The zero-order valence-corrected chi connectivity index (χ0v) is 13.8. The maximum absolute atomic E-state index is 10.1. The molecule has 0 bridgehead atoms. The average Bonchev–Trinajstić information content (AvgIpc) is 2.58. The van der Waals surface area contributed by atoms with E-state index in [2.05, 4.69) is 15.8 Å². The normalized spacial score (nSPS) is 15.8. The number of phenolic OH excluding ortho intramolecular Hbond substituents is 1. The summed E-state index contributed by atoms with van der Waals surface area (Å²) >= 11 is 5.28. The van der Waals surface area contributed by atoms with Crippen LogP contribution in [0.4, 0.5) is 0 Å². The highest BCUT2D eigenvalue weighted by atomic mass is 32.1. The van der Waals surface area contributed by atoms with Crippen LogP contribution in [0.25, 0.3) is 10.8 Å². The summed E-state index contributed by atoms with van der Waals surface area (Å²) < 4.78 is 0. The van der Waals surface area contributed by atoms with Gasteiger partial charge in [-0.25, -0.2) is 0 Å². The number of hydrogen-bond donors (Lipinski definition) is 3. The van der Waals surface area contributed by atoms with Crippen LogP contribution in [0.1, 0.15) is 37.7 Å². The second kappa shape index (κ2) is 7.42. The molecular formula is C18H21N3OS. The van der Waals surface area contributed by atoms with E-state index in [1.807, 2.05) is 30.3 Å². The van der Waals surface area contributed by atoms with Crippen molar-refractivity contribution in [1.82, 2.24) is 10.7 Å². The molecule has 1 aliphatic rings. The molecule has 0 atom stereocenters. The third kappa shape index (κ3) is 3.99. The summed E-state index contributed by atoms with van der Waals surface area (Å²) in [6.07, 6.45) is 7.77. The van der Waals surface area contributed by atoms with Gasteiger partial charge in [0.15, 0.2) is 5.11 Å². The van der Waals surface area contributed by atoms with Gasteiger partial charge in [-0.1, -0.05) is 49.6 Å². The van der Waals surface area contributed by atoms with Crippen LogP contribution in [0.2, 0.25) is 0 Å². The van der Waals surface area contributed by atoms with Crippen molar-refractivity contribution in [3.05, 3.63) is 42.0 Å². The van der Waals surface area contributed by atoms with Crippen molar-refractivity contribution in [2.75, 3.05) is 0 Å².